The zero-order chi connectivity index (χ0) is 15.5. The summed E-state index contributed by atoms with van der Waals surface area (Å²) in [5, 5.41) is 8.00. The quantitative estimate of drug-likeness (QED) is 0.905. The van der Waals surface area contributed by atoms with Crippen molar-refractivity contribution < 1.29 is 9.53 Å². The minimum atomic E-state index is -0.168. The Morgan fingerprint density at radius 3 is 3.00 bits per heavy atom. The van der Waals surface area contributed by atoms with E-state index < -0.39 is 0 Å². The zero-order valence-electron chi connectivity index (χ0n) is 13.5. The molecular formula is C16H26N4O2. The summed E-state index contributed by atoms with van der Waals surface area (Å²) in [5.74, 6) is 0.179. The molecule has 6 nitrogen and oxygen atoms in total. The van der Waals surface area contributed by atoms with Gasteiger partial charge in [-0.1, -0.05) is 0 Å². The summed E-state index contributed by atoms with van der Waals surface area (Å²) >= 11 is 0. The molecule has 2 heterocycles. The Balaban J connectivity index is 1.66. The predicted octanol–water partition coefficient (Wildman–Crippen LogP) is 1.12. The van der Waals surface area contributed by atoms with E-state index in [4.69, 9.17) is 4.74 Å². The Hall–Kier alpha value is -1.40. The summed E-state index contributed by atoms with van der Waals surface area (Å²) in [4.78, 5) is 14.4. The number of amides is 1. The van der Waals surface area contributed by atoms with Gasteiger partial charge in [0.15, 0.2) is 0 Å². The maximum Gasteiger partial charge on any atom is 0.239 e. The third-order valence-corrected chi connectivity index (χ3v) is 4.71. The lowest BCUT2D eigenvalue weighted by Gasteiger charge is -2.32. The highest BCUT2D eigenvalue weighted by Crippen LogP contribution is 2.30. The molecule has 1 fully saturated rings. The first-order valence-electron chi connectivity index (χ1n) is 8.38. The first-order chi connectivity index (χ1) is 10.7. The summed E-state index contributed by atoms with van der Waals surface area (Å²) in [6, 6.07) is 0.0723. The number of aryl methyl sites for hydroxylation is 1. The fourth-order valence-corrected chi connectivity index (χ4v) is 3.50. The van der Waals surface area contributed by atoms with Gasteiger partial charge in [-0.2, -0.15) is 5.10 Å². The third kappa shape index (κ3) is 3.03. The average Bonchev–Trinajstić information content (AvgIpc) is 2.99. The number of carbonyl (C=O) groups excluding carboxylic acids is 1. The molecule has 2 aliphatic rings. The van der Waals surface area contributed by atoms with E-state index in [0.29, 0.717) is 26.3 Å². The summed E-state index contributed by atoms with van der Waals surface area (Å²) < 4.78 is 7.40. The largest absolute Gasteiger partial charge is 0.378 e. The molecular weight excluding hydrogens is 280 g/mol. The molecule has 0 bridgehead atoms. The minimum absolute atomic E-state index is 0.168. The van der Waals surface area contributed by atoms with Crippen LogP contribution in [-0.2, 0) is 22.5 Å². The summed E-state index contributed by atoms with van der Waals surface area (Å²) in [7, 11) is 0. The molecule has 0 saturated carbocycles. The fourth-order valence-electron chi connectivity index (χ4n) is 3.50. The first kappa shape index (κ1) is 15.5. The highest BCUT2D eigenvalue weighted by molar-refractivity contribution is 5.81. The van der Waals surface area contributed by atoms with Crippen LogP contribution in [0.1, 0.15) is 44.0 Å². The summed E-state index contributed by atoms with van der Waals surface area (Å²) in [6.07, 6.45) is 5.28. The Morgan fingerprint density at radius 2 is 2.27 bits per heavy atom. The van der Waals surface area contributed by atoms with Gasteiger partial charge in [0.2, 0.25) is 5.91 Å². The summed E-state index contributed by atoms with van der Waals surface area (Å²) in [5.41, 5.74) is 2.60. The van der Waals surface area contributed by atoms with Crippen LogP contribution in [0.25, 0.3) is 0 Å². The third-order valence-electron chi connectivity index (χ3n) is 4.71. The van der Waals surface area contributed by atoms with Gasteiger partial charge in [0.25, 0.3) is 0 Å². The van der Waals surface area contributed by atoms with Gasteiger partial charge in [0.1, 0.15) is 0 Å². The molecule has 3 rings (SSSR count). The van der Waals surface area contributed by atoms with Gasteiger partial charge in [-0.05, 0) is 33.1 Å². The number of aromatic nitrogens is 2. The van der Waals surface area contributed by atoms with Crippen LogP contribution in [0.2, 0.25) is 0 Å². The van der Waals surface area contributed by atoms with Gasteiger partial charge in [-0.15, -0.1) is 0 Å². The van der Waals surface area contributed by atoms with Crippen LogP contribution in [0.15, 0.2) is 6.20 Å². The highest BCUT2D eigenvalue weighted by Gasteiger charge is 2.28. The smallest absolute Gasteiger partial charge is 0.239 e. The Morgan fingerprint density at radius 1 is 1.50 bits per heavy atom. The van der Waals surface area contributed by atoms with Gasteiger partial charge < -0.3 is 9.64 Å². The van der Waals surface area contributed by atoms with E-state index in [2.05, 4.69) is 22.0 Å². The Kier molecular flexibility index (Phi) is 4.78. The Labute approximate surface area is 131 Å². The van der Waals surface area contributed by atoms with Crippen LogP contribution in [0.3, 0.4) is 0 Å². The van der Waals surface area contributed by atoms with E-state index in [1.165, 1.54) is 11.3 Å². The molecule has 0 spiro atoms. The highest BCUT2D eigenvalue weighted by atomic mass is 16.5. The molecule has 1 aromatic rings. The van der Waals surface area contributed by atoms with Gasteiger partial charge >= 0.3 is 0 Å². The molecule has 6 heteroatoms. The number of nitrogens with one attached hydrogen (secondary N) is 1. The van der Waals surface area contributed by atoms with Gasteiger partial charge in [-0.3, -0.25) is 14.8 Å². The molecule has 0 aromatic carbocycles. The van der Waals surface area contributed by atoms with E-state index in [1.54, 1.807) is 0 Å². The number of rotatable bonds is 4. The molecule has 0 unspecified atom stereocenters. The van der Waals surface area contributed by atoms with Crippen molar-refractivity contribution in [2.24, 2.45) is 0 Å². The molecule has 1 aliphatic heterocycles. The lowest BCUT2D eigenvalue weighted by atomic mass is 9.92. The number of carbonyl (C=O) groups is 1. The van der Waals surface area contributed by atoms with Gasteiger partial charge in [0, 0.05) is 36.9 Å². The van der Waals surface area contributed by atoms with Gasteiger partial charge in [0.05, 0.1) is 25.5 Å². The van der Waals surface area contributed by atoms with Crippen molar-refractivity contribution >= 4 is 5.91 Å². The molecule has 0 radical (unpaired) electrons. The average molecular weight is 306 g/mol. The van der Waals surface area contributed by atoms with Crippen molar-refractivity contribution in [3.63, 3.8) is 0 Å². The van der Waals surface area contributed by atoms with Crippen LogP contribution in [-0.4, -0.2) is 52.9 Å². The monoisotopic (exact) mass is 306 g/mol. The second kappa shape index (κ2) is 6.79. The molecule has 122 valence electrons. The van der Waals surface area contributed by atoms with Crippen molar-refractivity contribution in [1.82, 2.24) is 20.0 Å². The molecule has 1 amide bonds. The van der Waals surface area contributed by atoms with E-state index in [0.717, 1.165) is 25.8 Å². The molecule has 1 N–H and O–H groups in total. The topological polar surface area (TPSA) is 59.4 Å². The van der Waals surface area contributed by atoms with Crippen molar-refractivity contribution in [1.29, 1.82) is 0 Å². The number of nitrogens with zero attached hydrogens (tertiary/aromatic N) is 3. The van der Waals surface area contributed by atoms with Crippen LogP contribution in [0.5, 0.6) is 0 Å². The molecule has 22 heavy (non-hydrogen) atoms. The zero-order valence-corrected chi connectivity index (χ0v) is 13.5. The molecule has 1 aromatic heterocycles. The van der Waals surface area contributed by atoms with Crippen LogP contribution >= 0.6 is 0 Å². The molecule has 2 atom stereocenters. The number of hydrogen-bond acceptors (Lipinski definition) is 4. The standard InChI is InChI=1S/C16H26N4O2/c1-3-20-15-6-4-5-14(13(15)11-17-20)18-12(2)16(21)19-7-9-22-10-8-19/h11-12,14,18H,3-10H2,1-2H3/t12-,14-/m1/s1. The number of morpholine rings is 1. The fraction of sp³-hybridized carbons (Fsp3) is 0.750. The number of ether oxygens (including phenoxy) is 1. The molecule has 1 saturated heterocycles. The predicted molar refractivity (Wildman–Crippen MR) is 83.6 cm³/mol. The van der Waals surface area contributed by atoms with Crippen LogP contribution in [0.4, 0.5) is 0 Å². The van der Waals surface area contributed by atoms with E-state index in [1.807, 2.05) is 18.0 Å². The van der Waals surface area contributed by atoms with E-state index in [9.17, 15) is 4.79 Å². The maximum atomic E-state index is 12.5. The lowest BCUT2D eigenvalue weighted by molar-refractivity contribution is -0.137. The number of fused-ring (bicyclic) bond motifs is 1. The van der Waals surface area contributed by atoms with E-state index >= 15 is 0 Å². The molecule has 1 aliphatic carbocycles. The van der Waals surface area contributed by atoms with E-state index in [-0.39, 0.29) is 18.0 Å². The van der Waals surface area contributed by atoms with Crippen molar-refractivity contribution in [3.8, 4) is 0 Å². The van der Waals surface area contributed by atoms with Crippen LogP contribution in [0, 0.1) is 0 Å². The van der Waals surface area contributed by atoms with Crippen LogP contribution < -0.4 is 5.32 Å². The van der Waals surface area contributed by atoms with Crippen molar-refractivity contribution in [3.05, 3.63) is 17.5 Å². The minimum Gasteiger partial charge on any atom is -0.378 e. The first-order valence-corrected chi connectivity index (χ1v) is 8.38. The second-order valence-corrected chi connectivity index (χ2v) is 6.13. The van der Waals surface area contributed by atoms with Crippen molar-refractivity contribution in [2.45, 2.75) is 51.7 Å². The SMILES string of the molecule is CCn1ncc2c1CCC[C@H]2N[C@H](C)C(=O)N1CCOCC1. The second-order valence-electron chi connectivity index (χ2n) is 6.13. The number of hydrogen-bond donors (Lipinski definition) is 1. The Bertz CT molecular complexity index is 522. The summed E-state index contributed by atoms with van der Waals surface area (Å²) in [6.45, 7) is 7.70. The van der Waals surface area contributed by atoms with Gasteiger partial charge in [-0.25, -0.2) is 0 Å². The normalized spacial score (nSPS) is 23.2. The lowest BCUT2D eigenvalue weighted by Crippen LogP contribution is -2.50. The maximum absolute atomic E-state index is 12.5. The van der Waals surface area contributed by atoms with Crippen molar-refractivity contribution in [2.75, 3.05) is 26.3 Å².